The Hall–Kier alpha value is -0.910. The van der Waals surface area contributed by atoms with Crippen LogP contribution in [0.15, 0.2) is 12.5 Å². The summed E-state index contributed by atoms with van der Waals surface area (Å²) in [6, 6.07) is 1.49. The molecule has 1 aromatic heterocycles. The molecule has 20 heavy (non-hydrogen) atoms. The van der Waals surface area contributed by atoms with E-state index in [9.17, 15) is 0 Å². The summed E-state index contributed by atoms with van der Waals surface area (Å²) in [4.78, 5) is 6.96. The molecule has 0 spiro atoms. The van der Waals surface area contributed by atoms with Gasteiger partial charge in [-0.3, -0.25) is 4.90 Å². The van der Waals surface area contributed by atoms with Crippen LogP contribution in [-0.4, -0.2) is 53.3 Å². The average molecular weight is 278 g/mol. The predicted molar refractivity (Wildman–Crippen MR) is 78.7 cm³/mol. The third-order valence-corrected chi connectivity index (χ3v) is 4.40. The fourth-order valence-corrected chi connectivity index (χ4v) is 3.27. The zero-order valence-electron chi connectivity index (χ0n) is 12.7. The van der Waals surface area contributed by atoms with Crippen molar-refractivity contribution in [3.05, 3.63) is 18.2 Å². The highest BCUT2D eigenvalue weighted by molar-refractivity contribution is 5.13. The van der Waals surface area contributed by atoms with Gasteiger partial charge in [0.05, 0.1) is 30.8 Å². The molecular weight excluding hydrogens is 252 g/mol. The molecule has 5 nitrogen and oxygen atoms in total. The minimum absolute atomic E-state index is 0.199. The van der Waals surface area contributed by atoms with Gasteiger partial charge in [-0.2, -0.15) is 0 Å². The number of nitrogens with zero attached hydrogens (tertiary/aromatic N) is 3. The van der Waals surface area contributed by atoms with E-state index < -0.39 is 0 Å². The highest BCUT2D eigenvalue weighted by Crippen LogP contribution is 2.39. The topological polar surface area (TPSA) is 42.3 Å². The SMILES string of the molecule is CNCC1OCCN(C(C)C)C1c1cncn1C1CC1. The standard InChI is InChI=1S/C15H26N4O/c1-11(2)18-6-7-20-14(9-16-3)15(18)13-8-17-10-19(13)12-4-5-12/h8,10-12,14-16H,4-7,9H2,1-3H3. The van der Waals surface area contributed by atoms with Gasteiger partial charge in [0.25, 0.3) is 0 Å². The van der Waals surface area contributed by atoms with Crippen molar-refractivity contribution in [2.45, 2.75) is 50.9 Å². The lowest BCUT2D eigenvalue weighted by Crippen LogP contribution is -2.51. The number of hydrogen-bond acceptors (Lipinski definition) is 4. The van der Waals surface area contributed by atoms with E-state index in [-0.39, 0.29) is 6.10 Å². The summed E-state index contributed by atoms with van der Waals surface area (Å²) in [7, 11) is 1.99. The molecule has 0 amide bonds. The second-order valence-electron chi connectivity index (χ2n) is 6.20. The first kappa shape index (κ1) is 14.0. The van der Waals surface area contributed by atoms with Crippen molar-refractivity contribution < 1.29 is 4.74 Å². The molecule has 1 aromatic rings. The summed E-state index contributed by atoms with van der Waals surface area (Å²) in [6.07, 6.45) is 6.81. The first-order chi connectivity index (χ1) is 9.72. The van der Waals surface area contributed by atoms with Crippen molar-refractivity contribution in [1.82, 2.24) is 19.8 Å². The molecule has 112 valence electrons. The minimum atomic E-state index is 0.199. The van der Waals surface area contributed by atoms with Gasteiger partial charge in [-0.25, -0.2) is 4.98 Å². The Balaban J connectivity index is 1.91. The van der Waals surface area contributed by atoms with E-state index in [1.807, 2.05) is 19.6 Å². The largest absolute Gasteiger partial charge is 0.374 e. The van der Waals surface area contributed by atoms with Crippen LogP contribution >= 0.6 is 0 Å². The second-order valence-corrected chi connectivity index (χ2v) is 6.20. The van der Waals surface area contributed by atoms with Crippen LogP contribution in [0.25, 0.3) is 0 Å². The van der Waals surface area contributed by atoms with E-state index in [0.29, 0.717) is 18.1 Å². The minimum Gasteiger partial charge on any atom is -0.374 e. The lowest BCUT2D eigenvalue weighted by atomic mass is 10.0. The molecule has 2 heterocycles. The normalized spacial score (nSPS) is 28.2. The first-order valence-electron chi connectivity index (χ1n) is 7.76. The quantitative estimate of drug-likeness (QED) is 0.888. The molecular formula is C15H26N4O. The van der Waals surface area contributed by atoms with Gasteiger partial charge in [-0.05, 0) is 33.7 Å². The zero-order chi connectivity index (χ0) is 14.1. The van der Waals surface area contributed by atoms with Crippen LogP contribution in [0, 0.1) is 0 Å². The van der Waals surface area contributed by atoms with Gasteiger partial charge in [0.2, 0.25) is 0 Å². The summed E-state index contributed by atoms with van der Waals surface area (Å²) in [5, 5.41) is 3.27. The van der Waals surface area contributed by atoms with Crippen LogP contribution in [0.4, 0.5) is 0 Å². The summed E-state index contributed by atoms with van der Waals surface area (Å²) < 4.78 is 8.42. The number of aromatic nitrogens is 2. The number of nitrogens with one attached hydrogen (secondary N) is 1. The van der Waals surface area contributed by atoms with Crippen molar-refractivity contribution in [2.24, 2.45) is 0 Å². The molecule has 2 fully saturated rings. The molecule has 2 atom stereocenters. The fraction of sp³-hybridized carbons (Fsp3) is 0.800. The molecule has 1 aliphatic carbocycles. The molecule has 2 unspecified atom stereocenters. The number of rotatable bonds is 5. The smallest absolute Gasteiger partial charge is 0.0951 e. The monoisotopic (exact) mass is 278 g/mol. The van der Waals surface area contributed by atoms with E-state index >= 15 is 0 Å². The fourth-order valence-electron chi connectivity index (χ4n) is 3.27. The number of imidazole rings is 1. The Morgan fingerprint density at radius 3 is 2.90 bits per heavy atom. The number of morpholine rings is 1. The van der Waals surface area contributed by atoms with E-state index in [2.05, 4.69) is 33.6 Å². The number of hydrogen-bond donors (Lipinski definition) is 1. The Morgan fingerprint density at radius 1 is 1.45 bits per heavy atom. The van der Waals surface area contributed by atoms with Crippen molar-refractivity contribution in [1.29, 1.82) is 0 Å². The van der Waals surface area contributed by atoms with Gasteiger partial charge in [0.1, 0.15) is 0 Å². The van der Waals surface area contributed by atoms with Gasteiger partial charge in [0.15, 0.2) is 0 Å². The Kier molecular flexibility index (Phi) is 4.10. The van der Waals surface area contributed by atoms with Crippen LogP contribution in [0.3, 0.4) is 0 Å². The van der Waals surface area contributed by atoms with Gasteiger partial charge in [-0.1, -0.05) is 0 Å². The third kappa shape index (κ3) is 2.62. The van der Waals surface area contributed by atoms with Crippen LogP contribution in [0.2, 0.25) is 0 Å². The molecule has 0 radical (unpaired) electrons. The van der Waals surface area contributed by atoms with Crippen LogP contribution in [0.1, 0.15) is 44.5 Å². The molecule has 5 heteroatoms. The maximum absolute atomic E-state index is 6.05. The highest BCUT2D eigenvalue weighted by atomic mass is 16.5. The van der Waals surface area contributed by atoms with Crippen molar-refractivity contribution in [3.8, 4) is 0 Å². The Labute approximate surface area is 121 Å². The third-order valence-electron chi connectivity index (χ3n) is 4.40. The van der Waals surface area contributed by atoms with Gasteiger partial charge in [-0.15, -0.1) is 0 Å². The average Bonchev–Trinajstić information content (AvgIpc) is 3.17. The van der Waals surface area contributed by atoms with E-state index in [0.717, 1.165) is 19.7 Å². The molecule has 0 aromatic carbocycles. The molecule has 2 aliphatic rings. The summed E-state index contributed by atoms with van der Waals surface area (Å²) in [5.74, 6) is 0. The van der Waals surface area contributed by atoms with E-state index in [1.165, 1.54) is 18.5 Å². The van der Waals surface area contributed by atoms with Crippen molar-refractivity contribution >= 4 is 0 Å². The van der Waals surface area contributed by atoms with Crippen molar-refractivity contribution in [3.63, 3.8) is 0 Å². The van der Waals surface area contributed by atoms with Crippen LogP contribution < -0.4 is 5.32 Å². The summed E-state index contributed by atoms with van der Waals surface area (Å²) in [6.45, 7) is 7.24. The molecule has 1 aliphatic heterocycles. The van der Waals surface area contributed by atoms with Crippen LogP contribution in [0.5, 0.6) is 0 Å². The number of ether oxygens (including phenoxy) is 1. The maximum Gasteiger partial charge on any atom is 0.0951 e. The number of likely N-dealkylation sites (N-methyl/N-ethyl adjacent to an activating group) is 1. The Morgan fingerprint density at radius 2 is 2.25 bits per heavy atom. The molecule has 1 saturated carbocycles. The lowest BCUT2D eigenvalue weighted by Gasteiger charge is -2.43. The molecule has 3 rings (SSSR count). The lowest BCUT2D eigenvalue weighted by molar-refractivity contribution is -0.0838. The molecule has 0 bridgehead atoms. The Bertz CT molecular complexity index is 439. The molecule has 1 saturated heterocycles. The van der Waals surface area contributed by atoms with E-state index in [1.54, 1.807) is 0 Å². The summed E-state index contributed by atoms with van der Waals surface area (Å²) >= 11 is 0. The van der Waals surface area contributed by atoms with Crippen molar-refractivity contribution in [2.75, 3.05) is 26.7 Å². The summed E-state index contributed by atoms with van der Waals surface area (Å²) in [5.41, 5.74) is 1.32. The first-order valence-corrected chi connectivity index (χ1v) is 7.76. The van der Waals surface area contributed by atoms with Crippen LogP contribution in [-0.2, 0) is 4.74 Å². The second kappa shape index (κ2) is 5.84. The zero-order valence-corrected chi connectivity index (χ0v) is 12.7. The molecule has 1 N–H and O–H groups in total. The van der Waals surface area contributed by atoms with Gasteiger partial charge >= 0.3 is 0 Å². The maximum atomic E-state index is 6.05. The van der Waals surface area contributed by atoms with E-state index in [4.69, 9.17) is 4.74 Å². The highest BCUT2D eigenvalue weighted by Gasteiger charge is 2.38. The predicted octanol–water partition coefficient (Wildman–Crippen LogP) is 1.59. The van der Waals surface area contributed by atoms with Gasteiger partial charge < -0.3 is 14.6 Å². The van der Waals surface area contributed by atoms with Gasteiger partial charge in [0, 0.05) is 31.4 Å².